The molecule has 1 amide bonds. The zero-order chi connectivity index (χ0) is 16.2. The number of aromatic nitrogens is 2. The smallest absolute Gasteiger partial charge is 0.272 e. The van der Waals surface area contributed by atoms with Crippen LogP contribution in [0.2, 0.25) is 0 Å². The molecule has 1 N–H and O–H groups in total. The zero-order valence-corrected chi connectivity index (χ0v) is 14.3. The summed E-state index contributed by atoms with van der Waals surface area (Å²) in [5, 5.41) is 7.66. The zero-order valence-electron chi connectivity index (χ0n) is 14.3. The monoisotopic (exact) mass is 319 g/mol. The van der Waals surface area contributed by atoms with E-state index in [1.807, 2.05) is 16.9 Å². The third-order valence-electron chi connectivity index (χ3n) is 5.00. The summed E-state index contributed by atoms with van der Waals surface area (Å²) in [6, 6.07) is 2.42. The topological polar surface area (TPSA) is 56.1 Å². The van der Waals surface area contributed by atoms with Crippen LogP contribution in [-0.4, -0.2) is 34.4 Å². The van der Waals surface area contributed by atoms with Gasteiger partial charge in [-0.1, -0.05) is 26.7 Å². The number of amides is 1. The highest BCUT2D eigenvalue weighted by Crippen LogP contribution is 2.28. The third-order valence-corrected chi connectivity index (χ3v) is 5.00. The summed E-state index contributed by atoms with van der Waals surface area (Å²) in [5.74, 6) is 0.505. The number of nitrogens with one attached hydrogen (secondary N) is 1. The van der Waals surface area contributed by atoms with E-state index in [4.69, 9.17) is 4.74 Å². The van der Waals surface area contributed by atoms with Gasteiger partial charge in [0.15, 0.2) is 0 Å². The molecular weight excluding hydrogens is 290 g/mol. The van der Waals surface area contributed by atoms with Crippen LogP contribution in [-0.2, 0) is 4.74 Å². The molecule has 1 aliphatic heterocycles. The van der Waals surface area contributed by atoms with E-state index in [0.29, 0.717) is 17.7 Å². The fourth-order valence-corrected chi connectivity index (χ4v) is 3.78. The molecule has 5 heteroatoms. The summed E-state index contributed by atoms with van der Waals surface area (Å²) >= 11 is 0. The van der Waals surface area contributed by atoms with Crippen molar-refractivity contribution in [3.63, 3.8) is 0 Å². The van der Waals surface area contributed by atoms with E-state index in [1.54, 1.807) is 0 Å². The lowest BCUT2D eigenvalue weighted by atomic mass is 9.94. The first-order chi connectivity index (χ1) is 11.1. The molecule has 3 rings (SSSR count). The van der Waals surface area contributed by atoms with Crippen molar-refractivity contribution in [2.75, 3.05) is 6.61 Å². The summed E-state index contributed by atoms with van der Waals surface area (Å²) in [4.78, 5) is 12.5. The molecule has 1 saturated carbocycles. The molecule has 2 aliphatic rings. The van der Waals surface area contributed by atoms with Gasteiger partial charge in [-0.3, -0.25) is 9.48 Å². The fraction of sp³-hybridized carbons (Fsp3) is 0.778. The molecule has 0 radical (unpaired) electrons. The minimum Gasteiger partial charge on any atom is -0.376 e. The van der Waals surface area contributed by atoms with Crippen LogP contribution in [0.5, 0.6) is 0 Å². The summed E-state index contributed by atoms with van der Waals surface area (Å²) < 4.78 is 7.86. The molecule has 1 saturated heterocycles. The quantitative estimate of drug-likeness (QED) is 0.906. The molecule has 128 valence electrons. The van der Waals surface area contributed by atoms with Crippen molar-refractivity contribution in [1.29, 1.82) is 0 Å². The van der Waals surface area contributed by atoms with Gasteiger partial charge in [0.25, 0.3) is 5.91 Å². The van der Waals surface area contributed by atoms with Crippen LogP contribution in [0.25, 0.3) is 0 Å². The second-order valence-corrected chi connectivity index (χ2v) is 7.38. The van der Waals surface area contributed by atoms with Crippen LogP contribution in [0.3, 0.4) is 0 Å². The Morgan fingerprint density at radius 1 is 1.35 bits per heavy atom. The molecule has 0 spiro atoms. The lowest BCUT2D eigenvalue weighted by molar-refractivity contribution is -0.0186. The molecule has 2 unspecified atom stereocenters. The minimum atomic E-state index is -0.0639. The second-order valence-electron chi connectivity index (χ2n) is 7.38. The van der Waals surface area contributed by atoms with Crippen molar-refractivity contribution in [2.24, 2.45) is 5.92 Å². The van der Waals surface area contributed by atoms with Gasteiger partial charge in [-0.05, 0) is 44.1 Å². The Balaban J connectivity index is 1.61. The van der Waals surface area contributed by atoms with Crippen LogP contribution < -0.4 is 5.32 Å². The number of hydrogen-bond donors (Lipinski definition) is 1. The molecule has 0 aromatic carbocycles. The normalized spacial score (nSPS) is 25.9. The van der Waals surface area contributed by atoms with Gasteiger partial charge in [0.1, 0.15) is 5.69 Å². The highest BCUT2D eigenvalue weighted by Gasteiger charge is 2.29. The summed E-state index contributed by atoms with van der Waals surface area (Å²) in [5.41, 5.74) is 0.533. The molecule has 2 heterocycles. The van der Waals surface area contributed by atoms with E-state index in [9.17, 15) is 4.79 Å². The molecule has 1 aliphatic carbocycles. The molecule has 2 fully saturated rings. The lowest BCUT2D eigenvalue weighted by Gasteiger charge is -2.33. The maximum absolute atomic E-state index is 12.5. The molecular formula is C18H29N3O2. The Morgan fingerprint density at radius 3 is 2.87 bits per heavy atom. The van der Waals surface area contributed by atoms with Crippen molar-refractivity contribution in [3.05, 3.63) is 18.0 Å². The first-order valence-electron chi connectivity index (χ1n) is 9.11. The van der Waals surface area contributed by atoms with Gasteiger partial charge in [0, 0.05) is 12.8 Å². The number of nitrogens with zero attached hydrogens (tertiary/aromatic N) is 2. The van der Waals surface area contributed by atoms with Gasteiger partial charge in [0.05, 0.1) is 18.2 Å². The van der Waals surface area contributed by atoms with Crippen LogP contribution >= 0.6 is 0 Å². The van der Waals surface area contributed by atoms with Gasteiger partial charge >= 0.3 is 0 Å². The highest BCUT2D eigenvalue weighted by molar-refractivity contribution is 5.92. The molecule has 5 nitrogen and oxygen atoms in total. The van der Waals surface area contributed by atoms with Gasteiger partial charge in [-0.15, -0.1) is 0 Å². The van der Waals surface area contributed by atoms with E-state index >= 15 is 0 Å². The summed E-state index contributed by atoms with van der Waals surface area (Å²) in [6.07, 6.45) is 9.96. The van der Waals surface area contributed by atoms with Crippen LogP contribution in [0.1, 0.15) is 75.3 Å². The summed E-state index contributed by atoms with van der Waals surface area (Å²) in [6.45, 7) is 5.19. The van der Waals surface area contributed by atoms with Crippen molar-refractivity contribution in [3.8, 4) is 0 Å². The van der Waals surface area contributed by atoms with Gasteiger partial charge in [-0.25, -0.2) is 0 Å². The Labute approximate surface area is 138 Å². The predicted molar refractivity (Wildman–Crippen MR) is 89.4 cm³/mol. The number of carbonyl (C=O) groups is 1. The van der Waals surface area contributed by atoms with Crippen LogP contribution in [0, 0.1) is 5.92 Å². The average molecular weight is 319 g/mol. The average Bonchev–Trinajstić information content (AvgIpc) is 3.19. The van der Waals surface area contributed by atoms with Crippen molar-refractivity contribution in [1.82, 2.24) is 15.1 Å². The maximum atomic E-state index is 12.5. The highest BCUT2D eigenvalue weighted by atomic mass is 16.5. The molecule has 1 aromatic heterocycles. The van der Waals surface area contributed by atoms with E-state index < -0.39 is 0 Å². The van der Waals surface area contributed by atoms with E-state index in [-0.39, 0.29) is 18.1 Å². The SMILES string of the molecule is CC(C)CC1OCCCC1NC(=O)c1ccn(C2CCCC2)n1. The Morgan fingerprint density at radius 2 is 2.13 bits per heavy atom. The van der Waals surface area contributed by atoms with Crippen molar-refractivity contribution >= 4 is 5.91 Å². The van der Waals surface area contributed by atoms with E-state index in [0.717, 1.165) is 25.9 Å². The number of carbonyl (C=O) groups excluding carboxylic acids is 1. The third kappa shape index (κ3) is 4.14. The lowest BCUT2D eigenvalue weighted by Crippen LogP contribution is -2.47. The van der Waals surface area contributed by atoms with Gasteiger partial charge < -0.3 is 10.1 Å². The van der Waals surface area contributed by atoms with Crippen LogP contribution in [0.4, 0.5) is 0 Å². The van der Waals surface area contributed by atoms with Gasteiger partial charge in [0.2, 0.25) is 0 Å². The molecule has 2 atom stereocenters. The molecule has 1 aromatic rings. The molecule has 0 bridgehead atoms. The van der Waals surface area contributed by atoms with Gasteiger partial charge in [-0.2, -0.15) is 5.10 Å². The van der Waals surface area contributed by atoms with Crippen molar-refractivity contribution in [2.45, 2.75) is 77.0 Å². The maximum Gasteiger partial charge on any atom is 0.272 e. The van der Waals surface area contributed by atoms with E-state index in [1.165, 1.54) is 25.7 Å². The van der Waals surface area contributed by atoms with Crippen molar-refractivity contribution < 1.29 is 9.53 Å². The second kappa shape index (κ2) is 7.47. The van der Waals surface area contributed by atoms with Crippen LogP contribution in [0.15, 0.2) is 12.3 Å². The number of ether oxygens (including phenoxy) is 1. The first-order valence-corrected chi connectivity index (χ1v) is 9.11. The fourth-order valence-electron chi connectivity index (χ4n) is 3.78. The predicted octanol–water partition coefficient (Wildman–Crippen LogP) is 3.32. The minimum absolute atomic E-state index is 0.0639. The van der Waals surface area contributed by atoms with E-state index in [2.05, 4.69) is 24.3 Å². The standard InChI is InChI=1S/C18H29N3O2/c1-13(2)12-17-15(8-5-11-23-17)19-18(22)16-9-10-21(20-16)14-6-3-4-7-14/h9-10,13-15,17H,3-8,11-12H2,1-2H3,(H,19,22). The Kier molecular flexibility index (Phi) is 5.36. The number of hydrogen-bond acceptors (Lipinski definition) is 3. The first kappa shape index (κ1) is 16.5. The number of rotatable bonds is 5. The Hall–Kier alpha value is -1.36. The summed E-state index contributed by atoms with van der Waals surface area (Å²) in [7, 11) is 0. The Bertz CT molecular complexity index is 520. The largest absolute Gasteiger partial charge is 0.376 e. The molecule has 23 heavy (non-hydrogen) atoms.